The fraction of sp³-hybridized carbons (Fsp3) is 0.500. The Hall–Kier alpha value is -2.11. The van der Waals surface area contributed by atoms with E-state index in [0.29, 0.717) is 5.69 Å². The molecular weight excluding hydrogens is 258 g/mol. The number of urea groups is 1. The van der Waals surface area contributed by atoms with E-state index in [4.69, 9.17) is 5.11 Å². The molecule has 1 rings (SSSR count). The van der Waals surface area contributed by atoms with Gasteiger partial charge in [-0.3, -0.25) is 4.98 Å². The zero-order valence-electron chi connectivity index (χ0n) is 12.1. The average Bonchev–Trinajstić information content (AvgIpc) is 2.46. The molecule has 2 amide bonds. The highest BCUT2D eigenvalue weighted by Gasteiger charge is 2.16. The Morgan fingerprint density at radius 1 is 1.40 bits per heavy atom. The van der Waals surface area contributed by atoms with Crippen LogP contribution < -0.4 is 5.32 Å². The third-order valence-corrected chi connectivity index (χ3v) is 3.29. The Balaban J connectivity index is 2.60. The van der Waals surface area contributed by atoms with E-state index < -0.39 is 5.97 Å². The molecule has 2 N–H and O–H groups in total. The van der Waals surface area contributed by atoms with Crippen molar-refractivity contribution in [3.05, 3.63) is 29.6 Å². The molecule has 0 atom stereocenters. The molecule has 0 radical (unpaired) electrons. The molecule has 0 unspecified atom stereocenters. The lowest BCUT2D eigenvalue weighted by Gasteiger charge is -2.26. The normalized spacial score (nSPS) is 10.4. The summed E-state index contributed by atoms with van der Waals surface area (Å²) in [7, 11) is 1.76. The van der Waals surface area contributed by atoms with Gasteiger partial charge in [0.05, 0.1) is 17.8 Å². The number of carboxylic acid groups (broad SMARTS) is 1. The summed E-state index contributed by atoms with van der Waals surface area (Å²) in [5.74, 6) is -1.01. The summed E-state index contributed by atoms with van der Waals surface area (Å²) in [4.78, 5) is 28.5. The molecule has 1 aromatic heterocycles. The molecule has 0 saturated heterocycles. The van der Waals surface area contributed by atoms with Crippen LogP contribution >= 0.6 is 0 Å². The lowest BCUT2D eigenvalue weighted by molar-refractivity contribution is 0.0696. The Labute approximate surface area is 118 Å². The highest BCUT2D eigenvalue weighted by Crippen LogP contribution is 2.07. The third kappa shape index (κ3) is 4.22. The third-order valence-electron chi connectivity index (χ3n) is 3.29. The van der Waals surface area contributed by atoms with Gasteiger partial charge in [-0.25, -0.2) is 9.59 Å². The van der Waals surface area contributed by atoms with E-state index in [-0.39, 0.29) is 24.2 Å². The monoisotopic (exact) mass is 279 g/mol. The van der Waals surface area contributed by atoms with Gasteiger partial charge in [-0.15, -0.1) is 0 Å². The van der Waals surface area contributed by atoms with Crippen molar-refractivity contribution in [3.63, 3.8) is 0 Å². The minimum Gasteiger partial charge on any atom is -0.478 e. The van der Waals surface area contributed by atoms with Crippen molar-refractivity contribution in [2.45, 2.75) is 39.3 Å². The van der Waals surface area contributed by atoms with Gasteiger partial charge in [0.2, 0.25) is 0 Å². The molecule has 0 saturated carbocycles. The van der Waals surface area contributed by atoms with Crippen LogP contribution in [0.25, 0.3) is 0 Å². The van der Waals surface area contributed by atoms with Gasteiger partial charge in [-0.2, -0.15) is 0 Å². The fourth-order valence-corrected chi connectivity index (χ4v) is 2.00. The predicted octanol–water partition coefficient (Wildman–Crippen LogP) is 2.11. The smallest absolute Gasteiger partial charge is 0.335 e. The second kappa shape index (κ2) is 7.47. The van der Waals surface area contributed by atoms with Gasteiger partial charge in [0.1, 0.15) is 0 Å². The summed E-state index contributed by atoms with van der Waals surface area (Å²) in [6.45, 7) is 4.29. The molecule has 0 aliphatic rings. The molecule has 1 aromatic rings. The molecule has 110 valence electrons. The van der Waals surface area contributed by atoms with E-state index in [1.165, 1.54) is 18.3 Å². The van der Waals surface area contributed by atoms with Crippen LogP contribution in [0, 0.1) is 0 Å². The number of aromatic carboxylic acids is 1. The molecule has 0 fully saturated rings. The quantitative estimate of drug-likeness (QED) is 0.835. The fourth-order valence-electron chi connectivity index (χ4n) is 2.00. The van der Waals surface area contributed by atoms with Crippen LogP contribution in [0.1, 0.15) is 42.7 Å². The van der Waals surface area contributed by atoms with E-state index in [9.17, 15) is 9.59 Å². The molecular formula is C14H21N3O3. The first-order valence-electron chi connectivity index (χ1n) is 6.68. The topological polar surface area (TPSA) is 82.5 Å². The average molecular weight is 279 g/mol. The van der Waals surface area contributed by atoms with Crippen molar-refractivity contribution in [3.8, 4) is 0 Å². The summed E-state index contributed by atoms with van der Waals surface area (Å²) < 4.78 is 0. The van der Waals surface area contributed by atoms with E-state index in [0.717, 1.165) is 12.8 Å². The molecule has 6 nitrogen and oxygen atoms in total. The van der Waals surface area contributed by atoms with E-state index in [1.807, 2.05) is 13.8 Å². The van der Waals surface area contributed by atoms with Gasteiger partial charge in [0.15, 0.2) is 0 Å². The molecule has 0 aliphatic carbocycles. The summed E-state index contributed by atoms with van der Waals surface area (Å²) in [5, 5.41) is 11.6. The Kier molecular flexibility index (Phi) is 5.96. The van der Waals surface area contributed by atoms with Gasteiger partial charge in [0.25, 0.3) is 0 Å². The van der Waals surface area contributed by atoms with Crippen molar-refractivity contribution >= 4 is 12.0 Å². The number of carbonyl (C=O) groups excluding carboxylic acids is 1. The number of hydrogen-bond donors (Lipinski definition) is 2. The van der Waals surface area contributed by atoms with Crippen molar-refractivity contribution in [1.29, 1.82) is 0 Å². The van der Waals surface area contributed by atoms with Crippen LogP contribution in [0.3, 0.4) is 0 Å². The van der Waals surface area contributed by atoms with Gasteiger partial charge in [0, 0.05) is 19.3 Å². The van der Waals surface area contributed by atoms with E-state index >= 15 is 0 Å². The minimum atomic E-state index is -1.01. The number of pyridine rings is 1. The van der Waals surface area contributed by atoms with Crippen LogP contribution in [-0.4, -0.2) is 40.1 Å². The second-order valence-corrected chi connectivity index (χ2v) is 4.58. The highest BCUT2D eigenvalue weighted by atomic mass is 16.4. The maximum atomic E-state index is 12.0. The van der Waals surface area contributed by atoms with Crippen LogP contribution in [0.4, 0.5) is 4.79 Å². The van der Waals surface area contributed by atoms with Gasteiger partial charge >= 0.3 is 12.0 Å². The number of carboxylic acids is 1. The number of amides is 2. The molecule has 0 aliphatic heterocycles. The van der Waals surface area contributed by atoms with Gasteiger partial charge in [-0.05, 0) is 25.0 Å². The Morgan fingerprint density at radius 3 is 2.60 bits per heavy atom. The SMILES string of the molecule is CCC(CC)N(C)C(=O)NCc1cc(C(=O)O)ccn1. The predicted molar refractivity (Wildman–Crippen MR) is 75.6 cm³/mol. The van der Waals surface area contributed by atoms with Crippen LogP contribution in [0.2, 0.25) is 0 Å². The van der Waals surface area contributed by atoms with Crippen LogP contribution in [-0.2, 0) is 6.54 Å². The summed E-state index contributed by atoms with van der Waals surface area (Å²) in [6, 6.07) is 2.90. The molecule has 0 bridgehead atoms. The first-order chi connectivity index (χ1) is 9.49. The second-order valence-electron chi connectivity index (χ2n) is 4.58. The van der Waals surface area contributed by atoms with Crippen LogP contribution in [0.5, 0.6) is 0 Å². The van der Waals surface area contributed by atoms with Crippen molar-refractivity contribution < 1.29 is 14.7 Å². The van der Waals surface area contributed by atoms with Gasteiger partial charge in [-0.1, -0.05) is 13.8 Å². The number of nitrogens with zero attached hydrogens (tertiary/aromatic N) is 2. The lowest BCUT2D eigenvalue weighted by atomic mass is 10.1. The van der Waals surface area contributed by atoms with Crippen molar-refractivity contribution in [2.24, 2.45) is 0 Å². The summed E-state index contributed by atoms with van der Waals surface area (Å²) in [5.41, 5.74) is 0.689. The first-order valence-corrected chi connectivity index (χ1v) is 6.68. The summed E-state index contributed by atoms with van der Waals surface area (Å²) >= 11 is 0. The molecule has 20 heavy (non-hydrogen) atoms. The van der Waals surface area contributed by atoms with Gasteiger partial charge < -0.3 is 15.3 Å². The standard InChI is InChI=1S/C14H21N3O3/c1-4-12(5-2)17(3)14(20)16-9-11-8-10(13(18)19)6-7-15-11/h6-8,12H,4-5,9H2,1-3H3,(H,16,20)(H,18,19). The highest BCUT2D eigenvalue weighted by molar-refractivity contribution is 5.87. The maximum Gasteiger partial charge on any atom is 0.335 e. The summed E-state index contributed by atoms with van der Waals surface area (Å²) in [6.07, 6.45) is 3.22. The Morgan fingerprint density at radius 2 is 2.05 bits per heavy atom. The number of carbonyl (C=O) groups is 2. The lowest BCUT2D eigenvalue weighted by Crippen LogP contribution is -2.42. The largest absolute Gasteiger partial charge is 0.478 e. The first kappa shape index (κ1) is 15.9. The van der Waals surface area contributed by atoms with Crippen molar-refractivity contribution in [2.75, 3.05) is 7.05 Å². The number of hydrogen-bond acceptors (Lipinski definition) is 3. The minimum absolute atomic E-state index is 0.164. The maximum absolute atomic E-state index is 12.0. The zero-order valence-corrected chi connectivity index (χ0v) is 12.1. The number of aromatic nitrogens is 1. The number of rotatable bonds is 6. The molecule has 0 aromatic carbocycles. The van der Waals surface area contributed by atoms with E-state index in [2.05, 4.69) is 10.3 Å². The van der Waals surface area contributed by atoms with E-state index in [1.54, 1.807) is 11.9 Å². The molecule has 1 heterocycles. The zero-order chi connectivity index (χ0) is 15.1. The number of nitrogens with one attached hydrogen (secondary N) is 1. The molecule has 0 spiro atoms. The molecule has 6 heteroatoms. The van der Waals surface area contributed by atoms with Crippen LogP contribution in [0.15, 0.2) is 18.3 Å². The van der Waals surface area contributed by atoms with Crippen molar-refractivity contribution in [1.82, 2.24) is 15.2 Å². The Bertz CT molecular complexity index is 472.